The van der Waals surface area contributed by atoms with Gasteiger partial charge in [-0.3, -0.25) is 4.79 Å². The van der Waals surface area contributed by atoms with Gasteiger partial charge in [0.05, 0.1) is 22.7 Å². The van der Waals surface area contributed by atoms with E-state index in [1.165, 1.54) is 18.9 Å². The largest absolute Gasteiger partial charge is 0.416 e. The lowest BCUT2D eigenvalue weighted by Crippen LogP contribution is -2.17. The molecule has 0 atom stereocenters. The molecule has 1 aliphatic rings. The number of nitrogens with one attached hydrogen (secondary N) is 1. The van der Waals surface area contributed by atoms with Crippen molar-refractivity contribution >= 4 is 29.0 Å². The summed E-state index contributed by atoms with van der Waals surface area (Å²) in [5.74, 6) is 0.0591. The third-order valence-electron chi connectivity index (χ3n) is 3.41. The number of carbonyl (C=O) groups is 1. The number of halogens is 3. The first-order valence-electron chi connectivity index (χ1n) is 6.74. The van der Waals surface area contributed by atoms with E-state index in [-0.39, 0.29) is 17.3 Å². The van der Waals surface area contributed by atoms with E-state index in [9.17, 15) is 18.0 Å². The van der Waals surface area contributed by atoms with Crippen molar-refractivity contribution in [2.24, 2.45) is 0 Å². The average molecular weight is 318 g/mol. The molecule has 1 aliphatic carbocycles. The summed E-state index contributed by atoms with van der Waals surface area (Å²) in [6.45, 7) is 0. The van der Waals surface area contributed by atoms with Gasteiger partial charge in [0.1, 0.15) is 0 Å². The molecule has 2 rings (SSSR count). The van der Waals surface area contributed by atoms with Crippen molar-refractivity contribution in [3.8, 4) is 0 Å². The van der Waals surface area contributed by atoms with Crippen molar-refractivity contribution in [1.29, 1.82) is 0 Å². The molecule has 0 radical (unpaired) electrons. The van der Waals surface area contributed by atoms with Crippen LogP contribution < -0.4 is 11.1 Å². The molecule has 1 aromatic rings. The Morgan fingerprint density at radius 3 is 2.57 bits per heavy atom. The highest BCUT2D eigenvalue weighted by molar-refractivity contribution is 8.00. The number of hydrogen-bond acceptors (Lipinski definition) is 3. The van der Waals surface area contributed by atoms with Crippen molar-refractivity contribution < 1.29 is 18.0 Å². The van der Waals surface area contributed by atoms with E-state index in [4.69, 9.17) is 5.73 Å². The van der Waals surface area contributed by atoms with Crippen LogP contribution in [0.1, 0.15) is 31.2 Å². The first kappa shape index (κ1) is 16.0. The zero-order chi connectivity index (χ0) is 15.5. The molecule has 7 heteroatoms. The van der Waals surface area contributed by atoms with Gasteiger partial charge in [-0.15, -0.1) is 11.8 Å². The van der Waals surface area contributed by atoms with Crippen molar-refractivity contribution in [3.63, 3.8) is 0 Å². The second kappa shape index (κ2) is 6.60. The molecular formula is C14H17F3N2OS. The van der Waals surface area contributed by atoms with Crippen LogP contribution in [0.25, 0.3) is 0 Å². The Bertz CT molecular complexity index is 513. The summed E-state index contributed by atoms with van der Waals surface area (Å²) in [7, 11) is 0. The molecule has 0 heterocycles. The summed E-state index contributed by atoms with van der Waals surface area (Å²) in [6, 6.07) is 2.94. The third kappa shape index (κ3) is 4.56. The SMILES string of the molecule is Nc1cc(C(F)(F)F)ccc1NC(=O)CSC1CCCC1. The summed E-state index contributed by atoms with van der Waals surface area (Å²) in [4.78, 5) is 11.8. The van der Waals surface area contributed by atoms with Crippen molar-refractivity contribution in [2.75, 3.05) is 16.8 Å². The molecule has 3 N–H and O–H groups in total. The number of thioether (sulfide) groups is 1. The lowest BCUT2D eigenvalue weighted by molar-refractivity contribution is -0.137. The molecular weight excluding hydrogens is 301 g/mol. The maximum Gasteiger partial charge on any atom is 0.416 e. The number of rotatable bonds is 4. The smallest absolute Gasteiger partial charge is 0.397 e. The minimum Gasteiger partial charge on any atom is -0.397 e. The minimum absolute atomic E-state index is 0.0796. The van der Waals surface area contributed by atoms with Gasteiger partial charge in [0, 0.05) is 5.25 Å². The maximum absolute atomic E-state index is 12.5. The molecule has 1 fully saturated rings. The van der Waals surface area contributed by atoms with Gasteiger partial charge >= 0.3 is 6.18 Å². The summed E-state index contributed by atoms with van der Waals surface area (Å²) in [6.07, 6.45) is 0.214. The summed E-state index contributed by atoms with van der Waals surface area (Å²) in [5, 5.41) is 3.08. The normalized spacial score (nSPS) is 16.1. The van der Waals surface area contributed by atoms with Crippen molar-refractivity contribution in [2.45, 2.75) is 37.1 Å². The molecule has 1 saturated carbocycles. The van der Waals surface area contributed by atoms with E-state index in [0.717, 1.165) is 25.0 Å². The molecule has 116 valence electrons. The monoisotopic (exact) mass is 318 g/mol. The standard InChI is InChI=1S/C14H17F3N2OS/c15-14(16,17)9-5-6-12(11(18)7-9)19-13(20)8-21-10-3-1-2-4-10/h5-7,10H,1-4,8,18H2,(H,19,20). The van der Waals surface area contributed by atoms with Crippen molar-refractivity contribution in [1.82, 2.24) is 0 Å². The first-order chi connectivity index (χ1) is 9.86. The number of nitrogens with two attached hydrogens (primary N) is 1. The predicted octanol–water partition coefficient (Wildman–Crippen LogP) is 3.90. The highest BCUT2D eigenvalue weighted by Gasteiger charge is 2.30. The van der Waals surface area contributed by atoms with E-state index in [2.05, 4.69) is 5.32 Å². The zero-order valence-electron chi connectivity index (χ0n) is 11.4. The number of carbonyl (C=O) groups excluding carboxylic acids is 1. The molecule has 0 unspecified atom stereocenters. The second-order valence-electron chi connectivity index (χ2n) is 5.07. The highest BCUT2D eigenvalue weighted by atomic mass is 32.2. The zero-order valence-corrected chi connectivity index (χ0v) is 12.2. The van der Waals surface area contributed by atoms with Crippen LogP contribution in [-0.2, 0) is 11.0 Å². The average Bonchev–Trinajstić information content (AvgIpc) is 2.91. The lowest BCUT2D eigenvalue weighted by Gasteiger charge is -2.12. The minimum atomic E-state index is -4.44. The molecule has 3 nitrogen and oxygen atoms in total. The molecule has 0 bridgehead atoms. The molecule has 0 saturated heterocycles. The Morgan fingerprint density at radius 1 is 1.33 bits per heavy atom. The van der Waals surface area contributed by atoms with Crippen LogP contribution in [0.15, 0.2) is 18.2 Å². The van der Waals surface area contributed by atoms with Crippen LogP contribution in [-0.4, -0.2) is 16.9 Å². The van der Waals surface area contributed by atoms with Crippen LogP contribution in [0.2, 0.25) is 0 Å². The van der Waals surface area contributed by atoms with Gasteiger partial charge in [0.25, 0.3) is 0 Å². The van der Waals surface area contributed by atoms with E-state index in [0.29, 0.717) is 11.0 Å². The number of amides is 1. The third-order valence-corrected chi connectivity index (χ3v) is 4.78. The molecule has 0 aliphatic heterocycles. The fourth-order valence-electron chi connectivity index (χ4n) is 2.29. The summed E-state index contributed by atoms with van der Waals surface area (Å²) in [5.41, 5.74) is 4.88. The van der Waals surface area contributed by atoms with E-state index in [1.807, 2.05) is 0 Å². The van der Waals surface area contributed by atoms with Crippen molar-refractivity contribution in [3.05, 3.63) is 23.8 Å². The predicted molar refractivity (Wildman–Crippen MR) is 79.2 cm³/mol. The van der Waals surface area contributed by atoms with E-state index < -0.39 is 11.7 Å². The number of nitrogen functional groups attached to an aromatic ring is 1. The number of benzene rings is 1. The summed E-state index contributed by atoms with van der Waals surface area (Å²) >= 11 is 1.59. The van der Waals surface area contributed by atoms with Crippen LogP contribution in [0.4, 0.5) is 24.5 Å². The van der Waals surface area contributed by atoms with Gasteiger partial charge in [-0.25, -0.2) is 0 Å². The Hall–Kier alpha value is -1.37. The molecule has 21 heavy (non-hydrogen) atoms. The van der Waals surface area contributed by atoms with E-state index in [1.54, 1.807) is 11.8 Å². The van der Waals surface area contributed by atoms with E-state index >= 15 is 0 Å². The van der Waals surface area contributed by atoms with Crippen LogP contribution in [0.3, 0.4) is 0 Å². The fourth-order valence-corrected chi connectivity index (χ4v) is 3.41. The second-order valence-corrected chi connectivity index (χ2v) is 6.35. The highest BCUT2D eigenvalue weighted by Crippen LogP contribution is 2.33. The Labute approximate surface area is 125 Å². The van der Waals surface area contributed by atoms with Gasteiger partial charge in [0.15, 0.2) is 0 Å². The first-order valence-corrected chi connectivity index (χ1v) is 7.79. The Morgan fingerprint density at radius 2 is 2.00 bits per heavy atom. The maximum atomic E-state index is 12.5. The van der Waals surface area contributed by atoms with Crippen LogP contribution in [0.5, 0.6) is 0 Å². The Balaban J connectivity index is 1.91. The lowest BCUT2D eigenvalue weighted by atomic mass is 10.1. The van der Waals surface area contributed by atoms with Crippen LogP contribution >= 0.6 is 11.8 Å². The van der Waals surface area contributed by atoms with Gasteiger partial charge in [-0.2, -0.15) is 13.2 Å². The molecule has 1 aromatic carbocycles. The quantitative estimate of drug-likeness (QED) is 0.828. The topological polar surface area (TPSA) is 55.1 Å². The molecule has 0 aromatic heterocycles. The van der Waals surface area contributed by atoms with Gasteiger partial charge in [-0.1, -0.05) is 12.8 Å². The Kier molecular flexibility index (Phi) is 5.03. The number of anilines is 2. The number of hydrogen-bond donors (Lipinski definition) is 2. The van der Waals surface area contributed by atoms with Gasteiger partial charge in [-0.05, 0) is 31.0 Å². The summed E-state index contributed by atoms with van der Waals surface area (Å²) < 4.78 is 37.5. The molecule has 1 amide bonds. The van der Waals surface area contributed by atoms with Crippen LogP contribution in [0, 0.1) is 0 Å². The number of alkyl halides is 3. The van der Waals surface area contributed by atoms with Gasteiger partial charge in [0.2, 0.25) is 5.91 Å². The molecule has 0 spiro atoms. The van der Waals surface area contributed by atoms with Gasteiger partial charge < -0.3 is 11.1 Å². The fraction of sp³-hybridized carbons (Fsp3) is 0.500.